The molecule has 1 heterocycles. The molecule has 0 fully saturated rings. The topological polar surface area (TPSA) is 99.8 Å². The lowest BCUT2D eigenvalue weighted by Crippen LogP contribution is -2.14. The minimum atomic E-state index is -3.25. The van der Waals surface area contributed by atoms with Gasteiger partial charge in [-0.25, -0.2) is 8.42 Å². The van der Waals surface area contributed by atoms with Crippen molar-refractivity contribution in [3.05, 3.63) is 48.0 Å². The van der Waals surface area contributed by atoms with Crippen molar-refractivity contribution in [2.45, 2.75) is 19.9 Å². The van der Waals surface area contributed by atoms with Gasteiger partial charge >= 0.3 is 0 Å². The zero-order chi connectivity index (χ0) is 17.2. The van der Waals surface area contributed by atoms with Gasteiger partial charge in [0.1, 0.15) is 11.0 Å². The number of benzene rings is 2. The van der Waals surface area contributed by atoms with Crippen molar-refractivity contribution in [1.82, 2.24) is 15.4 Å². The fraction of sp³-hybridized carbons (Fsp3) is 0.250. The van der Waals surface area contributed by atoms with Gasteiger partial charge in [0.05, 0.1) is 5.75 Å². The predicted molar refractivity (Wildman–Crippen MR) is 95.5 cm³/mol. The highest BCUT2D eigenvalue weighted by molar-refractivity contribution is 7.92. The lowest BCUT2D eigenvalue weighted by Gasteiger charge is -2.16. The van der Waals surface area contributed by atoms with Gasteiger partial charge in [0.25, 0.3) is 0 Å². The van der Waals surface area contributed by atoms with E-state index in [0.29, 0.717) is 5.69 Å². The quantitative estimate of drug-likeness (QED) is 0.638. The number of anilines is 2. The second kappa shape index (κ2) is 6.48. The minimum Gasteiger partial charge on any atom is -0.378 e. The van der Waals surface area contributed by atoms with Gasteiger partial charge in [-0.3, -0.25) is 4.72 Å². The summed E-state index contributed by atoms with van der Waals surface area (Å²) in [4.78, 5) is 0. The molecule has 2 aromatic carbocycles. The molecule has 1 atom stereocenters. The van der Waals surface area contributed by atoms with Crippen LogP contribution in [0.5, 0.6) is 0 Å². The molecule has 0 radical (unpaired) electrons. The third-order valence-corrected chi connectivity index (χ3v) is 5.07. The monoisotopic (exact) mass is 345 g/mol. The lowest BCUT2D eigenvalue weighted by atomic mass is 10.1. The number of sulfonamides is 1. The normalized spacial score (nSPS) is 12.9. The summed E-state index contributed by atoms with van der Waals surface area (Å²) in [6, 6.07) is 13.2. The van der Waals surface area contributed by atoms with Crippen molar-refractivity contribution >= 4 is 32.4 Å². The van der Waals surface area contributed by atoms with E-state index in [1.807, 2.05) is 37.3 Å². The van der Waals surface area contributed by atoms with Crippen LogP contribution in [0.4, 0.5) is 11.4 Å². The third kappa shape index (κ3) is 3.65. The molecule has 0 aliphatic heterocycles. The number of hydrogen-bond donors (Lipinski definition) is 3. The summed E-state index contributed by atoms with van der Waals surface area (Å²) in [7, 11) is -3.25. The zero-order valence-corrected chi connectivity index (χ0v) is 14.3. The van der Waals surface area contributed by atoms with E-state index in [4.69, 9.17) is 0 Å². The highest BCUT2D eigenvalue weighted by Gasteiger charge is 2.09. The molecule has 0 bridgehead atoms. The fourth-order valence-corrected chi connectivity index (χ4v) is 2.99. The average Bonchev–Trinajstić information content (AvgIpc) is 3.03. The summed E-state index contributed by atoms with van der Waals surface area (Å²) in [6.45, 7) is 3.65. The van der Waals surface area contributed by atoms with Gasteiger partial charge in [-0.15, -0.1) is 0 Å². The number of rotatable bonds is 6. The maximum atomic E-state index is 11.6. The summed E-state index contributed by atoms with van der Waals surface area (Å²) >= 11 is 0. The predicted octanol–water partition coefficient (Wildman–Crippen LogP) is 2.89. The van der Waals surface area contributed by atoms with Crippen LogP contribution in [0.3, 0.4) is 0 Å². The summed E-state index contributed by atoms with van der Waals surface area (Å²) < 4.78 is 25.7. The first kappa shape index (κ1) is 16.3. The molecule has 1 aromatic heterocycles. The van der Waals surface area contributed by atoms with Crippen LogP contribution in [-0.4, -0.2) is 29.6 Å². The van der Waals surface area contributed by atoms with E-state index in [0.717, 1.165) is 22.3 Å². The molecule has 24 heavy (non-hydrogen) atoms. The smallest absolute Gasteiger partial charge is 0.232 e. The van der Waals surface area contributed by atoms with Crippen LogP contribution in [-0.2, 0) is 10.0 Å². The Morgan fingerprint density at radius 1 is 1.04 bits per heavy atom. The van der Waals surface area contributed by atoms with Gasteiger partial charge in [0.15, 0.2) is 0 Å². The number of hydrogen-bond acceptors (Lipinski definition) is 5. The van der Waals surface area contributed by atoms with Gasteiger partial charge in [-0.1, -0.05) is 12.1 Å². The highest BCUT2D eigenvalue weighted by atomic mass is 32.2. The van der Waals surface area contributed by atoms with E-state index in [1.54, 1.807) is 19.1 Å². The van der Waals surface area contributed by atoms with Crippen molar-refractivity contribution in [2.24, 2.45) is 0 Å². The van der Waals surface area contributed by atoms with E-state index >= 15 is 0 Å². The van der Waals surface area contributed by atoms with E-state index < -0.39 is 10.0 Å². The Hall–Kier alpha value is -2.61. The van der Waals surface area contributed by atoms with Crippen LogP contribution >= 0.6 is 0 Å². The second-order valence-electron chi connectivity index (χ2n) is 5.52. The molecule has 0 saturated carbocycles. The molecule has 126 valence electrons. The number of fused-ring (bicyclic) bond motifs is 1. The van der Waals surface area contributed by atoms with Gasteiger partial charge in [0, 0.05) is 17.4 Å². The lowest BCUT2D eigenvalue weighted by molar-refractivity contribution is 0.602. The van der Waals surface area contributed by atoms with E-state index in [-0.39, 0.29) is 11.8 Å². The Labute approximate surface area is 140 Å². The van der Waals surface area contributed by atoms with Crippen molar-refractivity contribution in [1.29, 1.82) is 0 Å². The maximum Gasteiger partial charge on any atom is 0.232 e. The molecular weight excluding hydrogens is 326 g/mol. The summed E-state index contributed by atoms with van der Waals surface area (Å²) in [5, 5.41) is 14.1. The molecule has 0 saturated heterocycles. The molecule has 0 aliphatic carbocycles. The minimum absolute atomic E-state index is 0.0528. The van der Waals surface area contributed by atoms with E-state index in [9.17, 15) is 8.42 Å². The van der Waals surface area contributed by atoms with Gasteiger partial charge < -0.3 is 5.32 Å². The SMILES string of the molecule is CCS(=O)(=O)Nc1ccc([C@@H](C)Nc2ccc3n[nH]nc3c2)cc1. The largest absolute Gasteiger partial charge is 0.378 e. The van der Waals surface area contributed by atoms with Gasteiger partial charge in [0.2, 0.25) is 10.0 Å². The number of nitrogens with one attached hydrogen (secondary N) is 3. The van der Waals surface area contributed by atoms with Gasteiger partial charge in [-0.05, 0) is 49.7 Å². The summed E-state index contributed by atoms with van der Waals surface area (Å²) in [6.07, 6.45) is 0. The average molecular weight is 345 g/mol. The number of nitrogens with zero attached hydrogens (tertiary/aromatic N) is 2. The Balaban J connectivity index is 1.71. The maximum absolute atomic E-state index is 11.6. The Morgan fingerprint density at radius 2 is 1.71 bits per heavy atom. The first-order valence-corrected chi connectivity index (χ1v) is 9.29. The van der Waals surface area contributed by atoms with Crippen molar-refractivity contribution in [2.75, 3.05) is 15.8 Å². The first-order valence-electron chi connectivity index (χ1n) is 7.64. The molecule has 0 amide bonds. The van der Waals surface area contributed by atoms with E-state index in [1.165, 1.54) is 0 Å². The number of aromatic amines is 1. The molecule has 3 aromatic rings. The Kier molecular flexibility index (Phi) is 4.39. The Morgan fingerprint density at radius 3 is 2.42 bits per heavy atom. The van der Waals surface area contributed by atoms with Crippen molar-refractivity contribution < 1.29 is 8.42 Å². The van der Waals surface area contributed by atoms with E-state index in [2.05, 4.69) is 25.4 Å². The molecule has 7 nitrogen and oxygen atoms in total. The van der Waals surface area contributed by atoms with Crippen LogP contribution in [0.25, 0.3) is 11.0 Å². The highest BCUT2D eigenvalue weighted by Crippen LogP contribution is 2.23. The summed E-state index contributed by atoms with van der Waals surface area (Å²) in [5.41, 5.74) is 4.18. The molecular formula is C16H19N5O2S. The van der Waals surface area contributed by atoms with Crippen LogP contribution in [0.15, 0.2) is 42.5 Å². The molecule has 0 aliphatic rings. The van der Waals surface area contributed by atoms with Crippen LogP contribution in [0.2, 0.25) is 0 Å². The number of H-pyrrole nitrogens is 1. The second-order valence-corrected chi connectivity index (χ2v) is 7.53. The third-order valence-electron chi connectivity index (χ3n) is 3.76. The molecule has 3 N–H and O–H groups in total. The van der Waals surface area contributed by atoms with Crippen LogP contribution < -0.4 is 10.0 Å². The number of aromatic nitrogens is 3. The zero-order valence-electron chi connectivity index (χ0n) is 13.4. The summed E-state index contributed by atoms with van der Waals surface area (Å²) in [5.74, 6) is 0.0528. The fourth-order valence-electron chi connectivity index (χ4n) is 2.35. The Bertz CT molecular complexity index is 935. The molecule has 8 heteroatoms. The van der Waals surface area contributed by atoms with Crippen molar-refractivity contribution in [3.63, 3.8) is 0 Å². The first-order chi connectivity index (χ1) is 11.5. The van der Waals surface area contributed by atoms with Crippen LogP contribution in [0.1, 0.15) is 25.5 Å². The van der Waals surface area contributed by atoms with Crippen molar-refractivity contribution in [3.8, 4) is 0 Å². The molecule has 3 rings (SSSR count). The van der Waals surface area contributed by atoms with Crippen LogP contribution in [0, 0.1) is 0 Å². The molecule has 0 spiro atoms. The van der Waals surface area contributed by atoms with Gasteiger partial charge in [-0.2, -0.15) is 15.4 Å². The standard InChI is InChI=1S/C16H19N5O2S/c1-3-24(22,23)20-13-6-4-12(5-7-13)11(2)17-14-8-9-15-16(10-14)19-21-18-15/h4-11,17,20H,3H2,1-2H3,(H,18,19,21)/t11-/m1/s1. The molecule has 0 unspecified atom stereocenters.